The van der Waals surface area contributed by atoms with E-state index in [0.29, 0.717) is 17.7 Å². The van der Waals surface area contributed by atoms with E-state index in [9.17, 15) is 23.4 Å². The lowest BCUT2D eigenvalue weighted by atomic mass is 9.95. The third kappa shape index (κ3) is 16.1. The Kier molecular flexibility index (Phi) is 19.7. The Balaban J connectivity index is 0.000000199. The summed E-state index contributed by atoms with van der Waals surface area (Å²) in [5, 5.41) is 3.01. The highest BCUT2D eigenvalue weighted by molar-refractivity contribution is 7.84. The first kappa shape index (κ1) is 59.4. The summed E-state index contributed by atoms with van der Waals surface area (Å²) in [4.78, 5) is 48.3. The molecule has 0 unspecified atom stereocenters. The van der Waals surface area contributed by atoms with Gasteiger partial charge in [-0.3, -0.25) is 4.79 Å². The van der Waals surface area contributed by atoms with Crippen LogP contribution in [0.25, 0.3) is 22.3 Å². The fourth-order valence-corrected chi connectivity index (χ4v) is 10.2. The van der Waals surface area contributed by atoms with Gasteiger partial charge >= 0.3 is 24.0 Å². The summed E-state index contributed by atoms with van der Waals surface area (Å²) in [5.74, 6) is -0.348. The highest BCUT2D eigenvalue weighted by atomic mass is 32.2. The minimum absolute atomic E-state index is 0.0127. The quantitative estimate of drug-likeness (QED) is 0.0852. The van der Waals surface area contributed by atoms with E-state index in [2.05, 4.69) is 72.4 Å². The van der Waals surface area contributed by atoms with Crippen molar-refractivity contribution in [2.75, 3.05) is 13.2 Å². The van der Waals surface area contributed by atoms with Crippen LogP contribution in [0.3, 0.4) is 0 Å². The maximum Gasteiger partial charge on any atom is 0.407 e. The van der Waals surface area contributed by atoms with Crippen molar-refractivity contribution >= 4 is 35.0 Å². The van der Waals surface area contributed by atoms with Gasteiger partial charge in [0.15, 0.2) is 0 Å². The molecule has 2 aliphatic carbocycles. The Morgan fingerprint density at radius 2 is 0.805 bits per heavy atom. The molecule has 0 spiro atoms. The number of alkyl carbamates (subject to hydrolysis) is 1. The molecule has 0 fully saturated rings. The summed E-state index contributed by atoms with van der Waals surface area (Å²) in [5.41, 5.74) is 11.6. The minimum atomic E-state index is -1.16. The Hall–Kier alpha value is -6.89. The zero-order chi connectivity index (χ0) is 56.4. The highest BCUT2D eigenvalue weighted by Crippen LogP contribution is 2.46. The second-order valence-corrected chi connectivity index (χ2v) is 25.2. The topological polar surface area (TPSA) is 146 Å². The van der Waals surface area contributed by atoms with E-state index in [4.69, 9.17) is 18.9 Å². The van der Waals surface area contributed by atoms with Gasteiger partial charge in [0.05, 0.1) is 32.9 Å². The van der Waals surface area contributed by atoms with E-state index < -0.39 is 28.3 Å². The minimum Gasteiger partial charge on any atom is -0.465 e. The van der Waals surface area contributed by atoms with E-state index in [1.165, 1.54) is 51.4 Å². The zero-order valence-corrected chi connectivity index (χ0v) is 48.1. The van der Waals surface area contributed by atoms with Gasteiger partial charge in [0, 0.05) is 24.8 Å². The van der Waals surface area contributed by atoms with Crippen LogP contribution in [0.2, 0.25) is 0 Å². The number of rotatable bonds is 13. The molecular weight excluding hydrogens is 985 g/mol. The number of fused-ring (bicyclic) bond motifs is 6. The van der Waals surface area contributed by atoms with Crippen LogP contribution in [0.5, 0.6) is 0 Å². The van der Waals surface area contributed by atoms with Crippen LogP contribution in [0.15, 0.2) is 146 Å². The van der Waals surface area contributed by atoms with E-state index in [1.54, 1.807) is 24.3 Å². The average molecular weight is 1060 g/mol. The molecule has 3 atom stereocenters. The van der Waals surface area contributed by atoms with E-state index in [0.717, 1.165) is 11.1 Å². The normalized spacial score (nSPS) is 14.0. The number of ether oxygens (including phenoxy) is 4. The molecular formula is C65H78N2O9S. The summed E-state index contributed by atoms with van der Waals surface area (Å²) in [6.45, 7) is 27.3. The second-order valence-electron chi connectivity index (χ2n) is 23.2. The highest BCUT2D eigenvalue weighted by Gasteiger charge is 2.32. The molecule has 0 bridgehead atoms. The number of hydrogen-bond acceptors (Lipinski definition) is 9. The SMILES string of the molecule is CC(=O)OCC1c2ccccc2-c2ccccc21.CC(C)[C@@H](N[S@](=O)C(C)(C)C)c1ccc(C(=O)OC(C)(C)C)cc1.CC(C)[C@H](NC(=O)OCC1c2ccccc2-c2ccccc21)c1ccc(C(=O)OC(C)(C)C)cc1. The molecule has 2 N–H and O–H groups in total. The van der Waals surface area contributed by atoms with Crippen molar-refractivity contribution in [3.05, 3.63) is 190 Å². The molecule has 0 radical (unpaired) electrons. The molecule has 0 saturated heterocycles. The Morgan fingerprint density at radius 3 is 1.12 bits per heavy atom. The number of carbonyl (C=O) groups is 4. The van der Waals surface area contributed by atoms with E-state index in [-0.39, 0.29) is 65.0 Å². The third-order valence-electron chi connectivity index (χ3n) is 13.0. The molecule has 2 aliphatic rings. The molecule has 408 valence electrons. The van der Waals surface area contributed by atoms with Crippen LogP contribution < -0.4 is 10.0 Å². The fourth-order valence-electron chi connectivity index (χ4n) is 9.25. The monoisotopic (exact) mass is 1060 g/mol. The summed E-state index contributed by atoms with van der Waals surface area (Å²) in [6, 6.07) is 47.4. The lowest BCUT2D eigenvalue weighted by Crippen LogP contribution is -2.37. The first-order chi connectivity index (χ1) is 36.2. The summed E-state index contributed by atoms with van der Waals surface area (Å²) >= 11 is 0. The van der Waals surface area contributed by atoms with Crippen molar-refractivity contribution in [1.82, 2.24) is 10.0 Å². The van der Waals surface area contributed by atoms with Crippen molar-refractivity contribution in [3.63, 3.8) is 0 Å². The molecule has 1 amide bonds. The first-order valence-electron chi connectivity index (χ1n) is 26.5. The predicted octanol–water partition coefficient (Wildman–Crippen LogP) is 14.6. The predicted molar refractivity (Wildman–Crippen MR) is 308 cm³/mol. The summed E-state index contributed by atoms with van der Waals surface area (Å²) in [7, 11) is -1.16. The van der Waals surface area contributed by atoms with Gasteiger partial charge in [-0.15, -0.1) is 0 Å². The van der Waals surface area contributed by atoms with Crippen LogP contribution in [0.4, 0.5) is 4.79 Å². The third-order valence-corrected chi connectivity index (χ3v) is 14.5. The van der Waals surface area contributed by atoms with Crippen LogP contribution >= 0.6 is 0 Å². The standard InChI is InChI=1S/C30H33NO4.C19H31NO3S.C16H14O2/c1-19(2)27(20-14-16-21(17-15-20)28(32)35-30(3,4)5)31-29(33)34-18-26-24-12-8-6-10-22(24)23-11-7-9-13-25(23)26;1-13(2)16(20-24(22)19(6,7)8)14-9-11-15(12-10-14)17(21)23-18(3,4)5;1-11(17)18-10-16-14-8-4-2-6-12(14)13-7-3-5-9-15(13)16/h6-17,19,26-27H,18H2,1-5H3,(H,31,33);9-13,16,20H,1-8H3;2-9,16H,10H2,1H3/t27-;16-,24-;/m01./s1. The molecule has 6 aromatic carbocycles. The number of carbonyl (C=O) groups excluding carboxylic acids is 4. The zero-order valence-electron chi connectivity index (χ0n) is 47.3. The number of hydrogen-bond donors (Lipinski definition) is 2. The first-order valence-corrected chi connectivity index (χ1v) is 27.6. The largest absolute Gasteiger partial charge is 0.465 e. The van der Waals surface area contributed by atoms with Crippen molar-refractivity contribution < 1.29 is 42.3 Å². The molecule has 6 aromatic rings. The van der Waals surface area contributed by atoms with Crippen molar-refractivity contribution in [2.45, 2.75) is 137 Å². The van der Waals surface area contributed by atoms with E-state index in [1.807, 2.05) is 149 Å². The molecule has 0 aliphatic heterocycles. The molecule has 0 aromatic heterocycles. The maximum atomic E-state index is 12.8. The number of esters is 3. The average Bonchev–Trinajstić information content (AvgIpc) is 3.96. The van der Waals surface area contributed by atoms with Crippen molar-refractivity contribution in [1.29, 1.82) is 0 Å². The molecule has 8 rings (SSSR count). The summed E-state index contributed by atoms with van der Waals surface area (Å²) < 4.78 is 37.0. The van der Waals surface area contributed by atoms with Crippen LogP contribution in [0.1, 0.15) is 175 Å². The lowest BCUT2D eigenvalue weighted by Gasteiger charge is -2.27. The number of amides is 1. The Labute approximate surface area is 459 Å². The Morgan fingerprint density at radius 1 is 0.481 bits per heavy atom. The van der Waals surface area contributed by atoms with Gasteiger partial charge in [-0.25, -0.2) is 23.3 Å². The molecule has 0 heterocycles. The summed E-state index contributed by atoms with van der Waals surface area (Å²) in [6.07, 6.45) is -0.457. The molecule has 77 heavy (non-hydrogen) atoms. The second kappa shape index (κ2) is 25.5. The fraction of sp³-hybridized carbons (Fsp3) is 0.385. The molecule has 0 saturated carbocycles. The van der Waals surface area contributed by atoms with E-state index >= 15 is 0 Å². The van der Waals surface area contributed by atoms with Gasteiger partial charge in [0.1, 0.15) is 24.4 Å². The van der Waals surface area contributed by atoms with Crippen LogP contribution in [-0.2, 0) is 34.7 Å². The van der Waals surface area contributed by atoms with Gasteiger partial charge in [-0.2, -0.15) is 0 Å². The molecule has 11 nitrogen and oxygen atoms in total. The van der Waals surface area contributed by atoms with Crippen LogP contribution in [-0.4, -0.2) is 57.4 Å². The van der Waals surface area contributed by atoms with Gasteiger partial charge < -0.3 is 24.3 Å². The van der Waals surface area contributed by atoms with Crippen LogP contribution in [0, 0.1) is 11.8 Å². The number of nitrogens with one attached hydrogen (secondary N) is 2. The van der Waals surface area contributed by atoms with Gasteiger partial charge in [-0.05, 0) is 154 Å². The number of benzene rings is 6. The van der Waals surface area contributed by atoms with Crippen molar-refractivity contribution in [2.24, 2.45) is 11.8 Å². The van der Waals surface area contributed by atoms with Gasteiger partial charge in [0.25, 0.3) is 0 Å². The Bertz CT molecular complexity index is 2930. The lowest BCUT2D eigenvalue weighted by molar-refractivity contribution is -0.141. The van der Waals surface area contributed by atoms with Crippen molar-refractivity contribution in [3.8, 4) is 22.3 Å². The smallest absolute Gasteiger partial charge is 0.407 e. The van der Waals surface area contributed by atoms with Gasteiger partial charge in [-0.1, -0.05) is 149 Å². The maximum absolute atomic E-state index is 12.8. The molecule has 12 heteroatoms. The van der Waals surface area contributed by atoms with Gasteiger partial charge in [0.2, 0.25) is 0 Å².